The Bertz CT molecular complexity index is 2380. The Morgan fingerprint density at radius 1 is 1.08 bits per heavy atom. The number of aromatic carboxylic acids is 1. The minimum Gasteiger partial charge on any atom is -0.477 e. The highest BCUT2D eigenvalue weighted by Crippen LogP contribution is 2.33. The number of nitrogens with two attached hydrogens (primary N) is 3. The SMILES string of the molecule is Cl.NCc1ccc(F)c(Nc2c(N)c(=O)c2=O)c1.Nc1nc2nc(C(=O)N[C@H]3CCc4cc(-c5noc(=O)[nH]5)ccc43)cc(C(=O)O)n2n1. The molecular weight excluding hydrogens is 669 g/mol. The zero-order valence-corrected chi connectivity index (χ0v) is 25.7. The number of nitrogens with zero attached hydrogens (tertiary/aromatic N) is 5. The molecule has 49 heavy (non-hydrogen) atoms. The van der Waals surface area contributed by atoms with Crippen molar-refractivity contribution in [3.05, 3.63) is 107 Å². The maximum Gasteiger partial charge on any atom is 0.439 e. The third kappa shape index (κ3) is 6.55. The minimum absolute atomic E-state index is 0. The molecule has 7 rings (SSSR count). The second kappa shape index (κ2) is 13.3. The van der Waals surface area contributed by atoms with E-state index in [2.05, 4.69) is 40.4 Å². The van der Waals surface area contributed by atoms with Gasteiger partial charge in [0.2, 0.25) is 5.95 Å². The second-order valence-electron chi connectivity index (χ2n) is 10.5. The third-order valence-corrected chi connectivity index (χ3v) is 7.49. The summed E-state index contributed by atoms with van der Waals surface area (Å²) in [4.78, 5) is 68.0. The normalized spacial score (nSPS) is 13.3. The van der Waals surface area contributed by atoms with E-state index in [1.165, 1.54) is 18.2 Å². The fourth-order valence-corrected chi connectivity index (χ4v) is 5.12. The molecule has 1 atom stereocenters. The Balaban J connectivity index is 0.000000221. The number of carbonyl (C=O) groups is 2. The number of aryl methyl sites for hydroxylation is 1. The number of nitrogen functional groups attached to an aromatic ring is 2. The largest absolute Gasteiger partial charge is 0.477 e. The molecule has 0 unspecified atom stereocenters. The first-order valence-corrected chi connectivity index (χ1v) is 14.0. The number of benzene rings is 2. The van der Waals surface area contributed by atoms with E-state index in [0.29, 0.717) is 29.8 Å². The van der Waals surface area contributed by atoms with Crippen molar-refractivity contribution in [2.75, 3.05) is 16.8 Å². The molecule has 0 bridgehead atoms. The van der Waals surface area contributed by atoms with Gasteiger partial charge >= 0.3 is 11.7 Å². The lowest BCUT2D eigenvalue weighted by Crippen LogP contribution is -2.36. The zero-order valence-electron chi connectivity index (χ0n) is 24.9. The maximum atomic E-state index is 13.4. The van der Waals surface area contributed by atoms with Crippen molar-refractivity contribution in [3.63, 3.8) is 0 Å². The van der Waals surface area contributed by atoms with E-state index in [0.717, 1.165) is 21.7 Å². The van der Waals surface area contributed by atoms with Crippen molar-refractivity contribution in [2.45, 2.75) is 25.4 Å². The highest BCUT2D eigenvalue weighted by Gasteiger charge is 2.27. The Morgan fingerprint density at radius 2 is 1.86 bits per heavy atom. The van der Waals surface area contributed by atoms with Crippen LogP contribution in [0.5, 0.6) is 0 Å². The summed E-state index contributed by atoms with van der Waals surface area (Å²) >= 11 is 0. The number of rotatable bonds is 7. The standard InChI is InChI=1S/C18H14N8O5.C11H10FN3O2.ClH/c19-16-23-17-21-11(6-12(15(28)29)26(17)24-16)14(27)20-10-4-2-7-5-8(1-3-9(7)10)13-22-18(30)31-25-13;12-6-2-1-5(4-13)3-7(6)15-9-8(14)10(16)11(9)17;/h1,3,5-6,10H,2,4H2,(H2,19,24)(H,20,27)(H,28,29)(H,22,25,30);1-3,15H,4,13-14H2;1H/t10-;;/m0../s1. The smallest absolute Gasteiger partial charge is 0.439 e. The van der Waals surface area contributed by atoms with E-state index in [4.69, 9.17) is 17.2 Å². The van der Waals surface area contributed by atoms with Crippen molar-refractivity contribution in [1.82, 2.24) is 35.0 Å². The summed E-state index contributed by atoms with van der Waals surface area (Å²) in [5.41, 5.74) is 17.5. The number of anilines is 4. The van der Waals surface area contributed by atoms with Crippen LogP contribution in [-0.2, 0) is 13.0 Å². The van der Waals surface area contributed by atoms with Gasteiger partial charge in [0.1, 0.15) is 22.9 Å². The first-order chi connectivity index (χ1) is 22.9. The van der Waals surface area contributed by atoms with E-state index in [1.807, 2.05) is 12.1 Å². The summed E-state index contributed by atoms with van der Waals surface area (Å²) in [5.74, 6) is -2.94. The molecule has 3 aromatic heterocycles. The monoisotopic (exact) mass is 693 g/mol. The van der Waals surface area contributed by atoms with E-state index < -0.39 is 34.3 Å². The predicted molar refractivity (Wildman–Crippen MR) is 174 cm³/mol. The molecule has 6 aromatic rings. The molecule has 10 N–H and O–H groups in total. The number of carbonyl (C=O) groups excluding carboxylic acids is 1. The van der Waals surface area contributed by atoms with Crippen molar-refractivity contribution in [3.8, 4) is 11.4 Å². The third-order valence-electron chi connectivity index (χ3n) is 7.49. The van der Waals surface area contributed by atoms with Crippen LogP contribution in [-0.4, -0.2) is 46.7 Å². The number of amides is 1. The van der Waals surface area contributed by atoms with Crippen LogP contribution in [0.2, 0.25) is 0 Å². The van der Waals surface area contributed by atoms with Crippen LogP contribution in [0.4, 0.5) is 27.4 Å². The van der Waals surface area contributed by atoms with Gasteiger partial charge in [0, 0.05) is 18.2 Å². The Kier molecular flexibility index (Phi) is 9.22. The molecule has 1 aliphatic rings. The van der Waals surface area contributed by atoms with Crippen molar-refractivity contribution in [1.29, 1.82) is 0 Å². The highest BCUT2D eigenvalue weighted by molar-refractivity contribution is 5.96. The van der Waals surface area contributed by atoms with E-state index in [-0.39, 0.29) is 65.2 Å². The molecule has 1 amide bonds. The average Bonchev–Trinajstić information content (AvgIpc) is 3.80. The quantitative estimate of drug-likeness (QED) is 0.114. The van der Waals surface area contributed by atoms with Crippen LogP contribution in [0.15, 0.2) is 61.4 Å². The molecule has 3 aromatic carbocycles. The maximum absolute atomic E-state index is 13.4. The fourth-order valence-electron chi connectivity index (χ4n) is 5.12. The lowest BCUT2D eigenvalue weighted by molar-refractivity contribution is 0.0687. The molecule has 1 aliphatic carbocycles. The average molecular weight is 694 g/mol. The highest BCUT2D eigenvalue weighted by atomic mass is 35.5. The molecule has 252 valence electrons. The number of fused-ring (bicyclic) bond motifs is 2. The number of hydrogen-bond acceptors (Lipinski definition) is 14. The molecule has 0 aliphatic heterocycles. The van der Waals surface area contributed by atoms with E-state index >= 15 is 0 Å². The minimum atomic E-state index is -1.30. The van der Waals surface area contributed by atoms with Gasteiger partial charge in [-0.25, -0.2) is 19.0 Å². The molecule has 20 heteroatoms. The lowest BCUT2D eigenvalue weighted by atomic mass is 10.0. The summed E-state index contributed by atoms with van der Waals surface area (Å²) in [6, 6.07) is 10.5. The van der Waals surface area contributed by atoms with Gasteiger partial charge in [0.05, 0.1) is 11.7 Å². The van der Waals surface area contributed by atoms with Gasteiger partial charge in [-0.05, 0) is 47.7 Å². The number of hydrogen-bond donors (Lipinski definition) is 7. The second-order valence-corrected chi connectivity index (χ2v) is 10.5. The van der Waals surface area contributed by atoms with Crippen LogP contribution in [0, 0.1) is 5.82 Å². The lowest BCUT2D eigenvalue weighted by Gasteiger charge is -2.14. The van der Waals surface area contributed by atoms with Crippen LogP contribution < -0.4 is 44.4 Å². The van der Waals surface area contributed by atoms with E-state index in [1.54, 1.807) is 6.07 Å². The molecule has 3 heterocycles. The Morgan fingerprint density at radius 3 is 2.53 bits per heavy atom. The van der Waals surface area contributed by atoms with Crippen LogP contribution in [0.3, 0.4) is 0 Å². The predicted octanol–water partition coefficient (Wildman–Crippen LogP) is 0.793. The Hall–Kier alpha value is -6.47. The summed E-state index contributed by atoms with van der Waals surface area (Å²) in [6.07, 6.45) is 1.34. The van der Waals surface area contributed by atoms with Gasteiger partial charge in [-0.15, -0.1) is 17.5 Å². The molecule has 0 radical (unpaired) electrons. The summed E-state index contributed by atoms with van der Waals surface area (Å²) in [6.45, 7) is 0.246. The zero-order chi connectivity index (χ0) is 34.3. The molecule has 0 spiro atoms. The van der Waals surface area contributed by atoms with Crippen LogP contribution in [0.25, 0.3) is 17.2 Å². The molecule has 0 saturated heterocycles. The topological polar surface area (TPSA) is 293 Å². The Labute approximate surface area is 278 Å². The van der Waals surface area contributed by atoms with E-state index in [9.17, 15) is 33.5 Å². The first-order valence-electron chi connectivity index (χ1n) is 14.0. The van der Waals surface area contributed by atoms with Gasteiger partial charge in [0.15, 0.2) is 11.5 Å². The van der Waals surface area contributed by atoms with Crippen molar-refractivity contribution in [2.24, 2.45) is 5.73 Å². The first kappa shape index (κ1) is 33.9. The van der Waals surface area contributed by atoms with Gasteiger partial charge in [-0.3, -0.25) is 23.9 Å². The number of halogens is 2. The number of H-pyrrole nitrogens is 1. The number of aromatic nitrogens is 6. The summed E-state index contributed by atoms with van der Waals surface area (Å²) < 4.78 is 18.9. The van der Waals surface area contributed by atoms with Gasteiger partial charge < -0.3 is 32.9 Å². The molecule has 0 fully saturated rings. The van der Waals surface area contributed by atoms with Crippen LogP contribution >= 0.6 is 12.4 Å². The number of carboxylic acid groups (broad SMARTS) is 1. The van der Waals surface area contributed by atoms with Gasteiger partial charge in [-0.2, -0.15) is 9.50 Å². The number of aromatic amines is 1. The van der Waals surface area contributed by atoms with Gasteiger partial charge in [0.25, 0.3) is 22.5 Å². The van der Waals surface area contributed by atoms with Crippen molar-refractivity contribution < 1.29 is 23.6 Å². The summed E-state index contributed by atoms with van der Waals surface area (Å²) in [5, 5.41) is 22.2. The molecular formula is C29H25ClFN11O7. The van der Waals surface area contributed by atoms with Crippen molar-refractivity contribution >= 4 is 53.1 Å². The van der Waals surface area contributed by atoms with Crippen LogP contribution in [0.1, 0.15) is 50.1 Å². The fraction of sp³-hybridized carbons (Fsp3) is 0.138. The number of nitrogens with one attached hydrogen (secondary N) is 3. The molecule has 18 nitrogen and oxygen atoms in total. The molecule has 0 saturated carbocycles. The number of carboxylic acids is 1. The van der Waals surface area contributed by atoms with Gasteiger partial charge in [-0.1, -0.05) is 23.4 Å². The summed E-state index contributed by atoms with van der Waals surface area (Å²) in [7, 11) is 0.